The van der Waals surface area contributed by atoms with Gasteiger partial charge in [0.05, 0.1) is 38.3 Å². The van der Waals surface area contributed by atoms with Crippen molar-refractivity contribution in [2.75, 3.05) is 25.1 Å². The number of pyridine rings is 1. The number of hydrogen-bond acceptors (Lipinski definition) is 9. The van der Waals surface area contributed by atoms with Crippen molar-refractivity contribution in [2.45, 2.75) is 24.6 Å². The van der Waals surface area contributed by atoms with Gasteiger partial charge in [0, 0.05) is 12.6 Å². The SMILES string of the molecule is COc1ccc2c(c1F)C(=O)N(C[C@@](N)(C(=O)NC=O)c1cc3nc(N4C[C@@H](O)CC4=O)ccc3o1)C2. The van der Waals surface area contributed by atoms with Gasteiger partial charge in [-0.1, -0.05) is 6.07 Å². The minimum atomic E-state index is -2.06. The first kappa shape index (κ1) is 24.3. The highest BCUT2D eigenvalue weighted by atomic mass is 19.1. The number of fused-ring (bicyclic) bond motifs is 2. The Hall–Kier alpha value is -4.36. The van der Waals surface area contributed by atoms with Crippen molar-refractivity contribution in [3.8, 4) is 5.75 Å². The Morgan fingerprint density at radius 1 is 1.38 bits per heavy atom. The number of nitrogens with two attached hydrogens (primary N) is 1. The number of rotatable bonds is 7. The molecule has 0 unspecified atom stereocenters. The molecule has 1 aromatic carbocycles. The van der Waals surface area contributed by atoms with Crippen molar-refractivity contribution in [3.05, 3.63) is 53.0 Å². The Morgan fingerprint density at radius 3 is 2.84 bits per heavy atom. The number of carbonyl (C=O) groups is 4. The lowest BCUT2D eigenvalue weighted by molar-refractivity contribution is -0.131. The first-order chi connectivity index (χ1) is 17.7. The van der Waals surface area contributed by atoms with Crippen LogP contribution in [0.1, 0.15) is 28.1 Å². The van der Waals surface area contributed by atoms with E-state index < -0.39 is 35.8 Å². The van der Waals surface area contributed by atoms with E-state index >= 15 is 0 Å². The number of aliphatic hydroxyl groups excluding tert-OH is 1. The molecular weight excluding hydrogens is 489 g/mol. The van der Waals surface area contributed by atoms with Crippen LogP contribution in [0.3, 0.4) is 0 Å². The Bertz CT molecular complexity index is 1460. The molecule has 2 aliphatic heterocycles. The number of β-amino-alcohol motifs (C(OH)–C–C–N with tert-alkyl or cyclic N) is 1. The van der Waals surface area contributed by atoms with Crippen molar-refractivity contribution in [1.82, 2.24) is 15.2 Å². The second kappa shape index (κ2) is 8.94. The van der Waals surface area contributed by atoms with Gasteiger partial charge in [0.2, 0.25) is 12.3 Å². The second-order valence-corrected chi connectivity index (χ2v) is 8.87. The van der Waals surface area contributed by atoms with Gasteiger partial charge < -0.3 is 24.9 Å². The normalized spacial score (nSPS) is 18.8. The van der Waals surface area contributed by atoms with E-state index in [1.807, 2.05) is 5.32 Å². The number of furan rings is 1. The van der Waals surface area contributed by atoms with Gasteiger partial charge >= 0.3 is 0 Å². The number of nitrogens with one attached hydrogen (secondary N) is 1. The van der Waals surface area contributed by atoms with E-state index in [-0.39, 0.29) is 65.8 Å². The number of hydrogen-bond donors (Lipinski definition) is 3. The molecule has 1 saturated heterocycles. The van der Waals surface area contributed by atoms with Gasteiger partial charge in [0.15, 0.2) is 22.7 Å². The average molecular weight is 511 g/mol. The van der Waals surface area contributed by atoms with Crippen molar-refractivity contribution in [3.63, 3.8) is 0 Å². The monoisotopic (exact) mass is 511 g/mol. The van der Waals surface area contributed by atoms with Crippen LogP contribution in [0, 0.1) is 5.82 Å². The topological polar surface area (TPSA) is 168 Å². The molecule has 0 bridgehead atoms. The number of anilines is 1. The molecule has 37 heavy (non-hydrogen) atoms. The molecule has 12 nitrogen and oxygen atoms in total. The molecule has 2 aromatic heterocycles. The summed E-state index contributed by atoms with van der Waals surface area (Å²) in [4.78, 5) is 56.2. The molecule has 4 heterocycles. The van der Waals surface area contributed by atoms with Crippen LogP contribution in [0.15, 0.2) is 34.7 Å². The predicted octanol–water partition coefficient (Wildman–Crippen LogP) is 0.156. The van der Waals surface area contributed by atoms with E-state index in [9.17, 15) is 28.7 Å². The molecule has 0 spiro atoms. The molecule has 3 aromatic rings. The van der Waals surface area contributed by atoms with Crippen LogP contribution < -0.4 is 20.7 Å². The highest BCUT2D eigenvalue weighted by Gasteiger charge is 2.45. The highest BCUT2D eigenvalue weighted by Crippen LogP contribution is 2.34. The molecule has 0 aliphatic carbocycles. The minimum Gasteiger partial charge on any atom is -0.494 e. The standard InChI is InChI=1S/C24H22FN5O7/c1-36-16-3-2-12-8-29(22(34)20(12)21(16)25)10-24(26,23(35)27-11-31)17-7-14-15(37-17)4-5-18(28-14)30-9-13(32)6-19(30)33/h2-5,7,11,13,32H,6,8-10,26H2,1H3,(H,27,31,35)/t13-,24-/m0/s1. The highest BCUT2D eigenvalue weighted by molar-refractivity contribution is 6.01. The molecule has 4 amide bonds. The molecule has 0 saturated carbocycles. The lowest BCUT2D eigenvalue weighted by Gasteiger charge is -2.29. The van der Waals surface area contributed by atoms with Crippen LogP contribution in [-0.2, 0) is 26.5 Å². The van der Waals surface area contributed by atoms with Gasteiger partial charge in [-0.05, 0) is 23.8 Å². The lowest BCUT2D eigenvalue weighted by atomic mass is 9.95. The number of amides is 4. The summed E-state index contributed by atoms with van der Waals surface area (Å²) in [6.45, 7) is -0.403. The maximum Gasteiger partial charge on any atom is 0.257 e. The Morgan fingerprint density at radius 2 is 2.16 bits per heavy atom. The Kier molecular flexibility index (Phi) is 5.88. The van der Waals surface area contributed by atoms with Crippen molar-refractivity contribution in [1.29, 1.82) is 0 Å². The van der Waals surface area contributed by atoms with Crippen LogP contribution in [0.25, 0.3) is 11.1 Å². The molecule has 13 heteroatoms. The van der Waals surface area contributed by atoms with Crippen LogP contribution in [0.5, 0.6) is 5.75 Å². The summed E-state index contributed by atoms with van der Waals surface area (Å²) in [6.07, 6.45) is -0.675. The summed E-state index contributed by atoms with van der Waals surface area (Å²) in [5.74, 6) is -2.72. The van der Waals surface area contributed by atoms with Crippen molar-refractivity contribution >= 4 is 41.0 Å². The summed E-state index contributed by atoms with van der Waals surface area (Å²) >= 11 is 0. The van der Waals surface area contributed by atoms with Gasteiger partial charge in [-0.2, -0.15) is 0 Å². The van der Waals surface area contributed by atoms with Crippen LogP contribution in [-0.4, -0.2) is 65.4 Å². The molecule has 0 radical (unpaired) electrons. The molecular formula is C24H22FN5O7. The zero-order valence-corrected chi connectivity index (χ0v) is 19.6. The zero-order chi connectivity index (χ0) is 26.5. The predicted molar refractivity (Wildman–Crippen MR) is 125 cm³/mol. The summed E-state index contributed by atoms with van der Waals surface area (Å²) in [5.41, 5.74) is 5.10. The van der Waals surface area contributed by atoms with Crippen molar-refractivity contribution in [2.24, 2.45) is 5.73 Å². The van der Waals surface area contributed by atoms with E-state index in [0.29, 0.717) is 5.56 Å². The van der Waals surface area contributed by atoms with Gasteiger partial charge in [-0.3, -0.25) is 29.4 Å². The minimum absolute atomic E-state index is 0.0210. The summed E-state index contributed by atoms with van der Waals surface area (Å²) in [6, 6.07) is 7.35. The number of benzene rings is 1. The average Bonchev–Trinajstić information content (AvgIpc) is 3.54. The third-order valence-corrected chi connectivity index (χ3v) is 6.49. The summed E-state index contributed by atoms with van der Waals surface area (Å²) < 4.78 is 25.5. The number of aromatic nitrogens is 1. The second-order valence-electron chi connectivity index (χ2n) is 8.87. The van der Waals surface area contributed by atoms with Gasteiger partial charge in [0.25, 0.3) is 11.8 Å². The fraction of sp³-hybridized carbons (Fsp3) is 0.292. The summed E-state index contributed by atoms with van der Waals surface area (Å²) in [7, 11) is 1.28. The quantitative estimate of drug-likeness (QED) is 0.374. The maximum absolute atomic E-state index is 14.8. The third-order valence-electron chi connectivity index (χ3n) is 6.49. The number of halogens is 1. The van der Waals surface area contributed by atoms with E-state index in [4.69, 9.17) is 14.9 Å². The van der Waals surface area contributed by atoms with E-state index in [2.05, 4.69) is 4.98 Å². The van der Waals surface area contributed by atoms with Crippen LogP contribution in [0.4, 0.5) is 10.2 Å². The number of nitrogens with zero attached hydrogens (tertiary/aromatic N) is 3. The first-order valence-corrected chi connectivity index (χ1v) is 11.2. The number of carbonyl (C=O) groups excluding carboxylic acids is 4. The Labute approximate surface area is 208 Å². The molecule has 4 N–H and O–H groups in total. The van der Waals surface area contributed by atoms with E-state index in [1.54, 1.807) is 6.07 Å². The molecule has 2 aliphatic rings. The van der Waals surface area contributed by atoms with Crippen LogP contribution in [0.2, 0.25) is 0 Å². The van der Waals surface area contributed by atoms with E-state index in [0.717, 1.165) is 0 Å². The molecule has 2 atom stereocenters. The number of methoxy groups -OCH3 is 1. The van der Waals surface area contributed by atoms with Gasteiger partial charge in [-0.15, -0.1) is 0 Å². The maximum atomic E-state index is 14.8. The largest absolute Gasteiger partial charge is 0.494 e. The van der Waals surface area contributed by atoms with Crippen LogP contribution >= 0.6 is 0 Å². The number of aliphatic hydroxyl groups is 1. The first-order valence-electron chi connectivity index (χ1n) is 11.2. The lowest BCUT2D eigenvalue weighted by Crippen LogP contribution is -2.57. The molecule has 1 fully saturated rings. The molecule has 5 rings (SSSR count). The fourth-order valence-corrected chi connectivity index (χ4v) is 4.62. The van der Waals surface area contributed by atoms with Gasteiger partial charge in [-0.25, -0.2) is 9.37 Å². The Balaban J connectivity index is 1.50. The van der Waals surface area contributed by atoms with Gasteiger partial charge in [0.1, 0.15) is 17.1 Å². The third kappa shape index (κ3) is 3.97. The zero-order valence-electron chi connectivity index (χ0n) is 19.6. The van der Waals surface area contributed by atoms with E-state index in [1.165, 1.54) is 41.2 Å². The fourth-order valence-electron chi connectivity index (χ4n) is 4.62. The smallest absolute Gasteiger partial charge is 0.257 e. The summed E-state index contributed by atoms with van der Waals surface area (Å²) in [5, 5.41) is 11.8. The molecule has 192 valence electrons. The number of imide groups is 1. The van der Waals surface area contributed by atoms with Crippen molar-refractivity contribution < 1.29 is 37.8 Å². The number of ether oxygens (including phenoxy) is 1.